The van der Waals surface area contributed by atoms with Gasteiger partial charge in [-0.3, -0.25) is 0 Å². The van der Waals surface area contributed by atoms with Gasteiger partial charge in [0.05, 0.1) is 10.0 Å². The Hall–Kier alpha value is -0.280. The maximum Gasteiger partial charge on any atom is 0.179 e. The molecule has 84 valence electrons. The molecule has 0 fully saturated rings. The minimum Gasteiger partial charge on any atom is -0.364 e. The van der Waals surface area contributed by atoms with Crippen molar-refractivity contribution in [3.8, 4) is 0 Å². The summed E-state index contributed by atoms with van der Waals surface area (Å²) in [5.41, 5.74) is 0.993. The second-order valence-electron chi connectivity index (χ2n) is 4.45. The Labute approximate surface area is 99.5 Å². The second-order valence-corrected chi connectivity index (χ2v) is 5.21. The number of hydrogen-bond acceptors (Lipinski definition) is 2. The number of halogens is 2. The normalized spacial score (nSPS) is 12.3. The van der Waals surface area contributed by atoms with Crippen LogP contribution in [-0.2, 0) is 5.41 Å². The van der Waals surface area contributed by atoms with Crippen molar-refractivity contribution in [1.29, 1.82) is 0 Å². The van der Waals surface area contributed by atoms with Crippen LogP contribution in [0.3, 0.4) is 0 Å². The molecule has 0 spiro atoms. The van der Waals surface area contributed by atoms with Crippen molar-refractivity contribution >= 4 is 23.2 Å². The molecule has 4 heteroatoms. The van der Waals surface area contributed by atoms with E-state index >= 15 is 0 Å². The molecule has 0 radical (unpaired) electrons. The van der Waals surface area contributed by atoms with Gasteiger partial charge in [0, 0.05) is 5.56 Å². The lowest BCUT2D eigenvalue weighted by Gasteiger charge is -2.22. The third-order valence-corrected chi connectivity index (χ3v) is 3.09. The van der Waals surface area contributed by atoms with Crippen LogP contribution in [0.25, 0.3) is 0 Å². The Bertz CT molecular complexity index is 368. The van der Waals surface area contributed by atoms with Gasteiger partial charge < -0.3 is 10.2 Å². The first-order valence-corrected chi connectivity index (χ1v) is 5.35. The van der Waals surface area contributed by atoms with Gasteiger partial charge in [0.25, 0.3) is 0 Å². The minimum absolute atomic E-state index is 0.125. The first kappa shape index (κ1) is 12.8. The molecule has 0 aliphatic rings. The quantitative estimate of drug-likeness (QED) is 0.750. The largest absolute Gasteiger partial charge is 0.364 e. The first-order chi connectivity index (χ1) is 6.75. The highest BCUT2D eigenvalue weighted by Gasteiger charge is 2.21. The second kappa shape index (κ2) is 4.30. The lowest BCUT2D eigenvalue weighted by atomic mass is 9.86. The zero-order valence-electron chi connectivity index (χ0n) is 8.88. The van der Waals surface area contributed by atoms with Gasteiger partial charge in [0.15, 0.2) is 6.29 Å². The van der Waals surface area contributed by atoms with Crippen molar-refractivity contribution in [2.45, 2.75) is 32.5 Å². The van der Waals surface area contributed by atoms with Gasteiger partial charge in [-0.15, -0.1) is 0 Å². The monoisotopic (exact) mass is 248 g/mol. The molecule has 0 aliphatic carbocycles. The van der Waals surface area contributed by atoms with Crippen molar-refractivity contribution in [3.05, 3.63) is 33.3 Å². The lowest BCUT2D eigenvalue weighted by molar-refractivity contribution is -0.0424. The molecular formula is C11H14Cl2O2. The molecule has 15 heavy (non-hydrogen) atoms. The molecule has 0 saturated heterocycles. The fraction of sp³-hybridized carbons (Fsp3) is 0.455. The predicted molar refractivity (Wildman–Crippen MR) is 62.3 cm³/mol. The van der Waals surface area contributed by atoms with Crippen LogP contribution in [0, 0.1) is 0 Å². The summed E-state index contributed by atoms with van der Waals surface area (Å²) in [6, 6.07) is 3.35. The van der Waals surface area contributed by atoms with Crippen LogP contribution in [0.4, 0.5) is 0 Å². The summed E-state index contributed by atoms with van der Waals surface area (Å²) in [6.07, 6.45) is -1.59. The Morgan fingerprint density at radius 2 is 1.60 bits per heavy atom. The van der Waals surface area contributed by atoms with Crippen molar-refractivity contribution in [1.82, 2.24) is 0 Å². The SMILES string of the molecule is CC(C)(C)c1ccc(C(O)O)c(Cl)c1Cl. The van der Waals surface area contributed by atoms with E-state index in [1.54, 1.807) is 12.1 Å². The maximum absolute atomic E-state index is 9.04. The zero-order valence-corrected chi connectivity index (χ0v) is 10.4. The molecule has 0 aliphatic heterocycles. The van der Waals surface area contributed by atoms with Crippen molar-refractivity contribution < 1.29 is 10.2 Å². The molecule has 0 unspecified atom stereocenters. The molecule has 1 aromatic carbocycles. The van der Waals surface area contributed by atoms with Gasteiger partial charge in [0.2, 0.25) is 0 Å². The van der Waals surface area contributed by atoms with Crippen molar-refractivity contribution in [3.63, 3.8) is 0 Å². The van der Waals surface area contributed by atoms with E-state index in [9.17, 15) is 0 Å². The molecule has 2 nitrogen and oxygen atoms in total. The van der Waals surface area contributed by atoms with E-state index in [-0.39, 0.29) is 16.0 Å². The molecular weight excluding hydrogens is 235 g/mol. The average Bonchev–Trinajstić information content (AvgIpc) is 2.06. The maximum atomic E-state index is 9.04. The number of hydrogen-bond donors (Lipinski definition) is 2. The van der Waals surface area contributed by atoms with E-state index in [4.69, 9.17) is 33.4 Å². The number of aliphatic hydroxyl groups excluding tert-OH is 1. The Balaban J connectivity index is 3.34. The predicted octanol–water partition coefficient (Wildman–Crippen LogP) is 3.27. The van der Waals surface area contributed by atoms with Crippen molar-refractivity contribution in [2.24, 2.45) is 0 Å². The summed E-state index contributed by atoms with van der Waals surface area (Å²) >= 11 is 12.0. The highest BCUT2D eigenvalue weighted by atomic mass is 35.5. The topological polar surface area (TPSA) is 40.5 Å². The summed E-state index contributed by atoms with van der Waals surface area (Å²) in [7, 11) is 0. The van der Waals surface area contributed by atoms with Crippen molar-refractivity contribution in [2.75, 3.05) is 0 Å². The fourth-order valence-electron chi connectivity index (χ4n) is 1.34. The minimum atomic E-state index is -1.59. The van der Waals surface area contributed by atoms with Crippen LogP contribution >= 0.6 is 23.2 Å². The van der Waals surface area contributed by atoms with E-state index in [1.165, 1.54) is 0 Å². The third kappa shape index (κ3) is 2.64. The Kier molecular flexibility index (Phi) is 3.67. The van der Waals surface area contributed by atoms with Gasteiger partial charge in [-0.05, 0) is 11.0 Å². The number of aliphatic hydroxyl groups is 2. The molecule has 1 rings (SSSR count). The molecule has 0 atom stereocenters. The average molecular weight is 249 g/mol. The summed E-state index contributed by atoms with van der Waals surface area (Å²) in [5.74, 6) is 0. The standard InChI is InChI=1S/C11H14Cl2O2/c1-11(2,3)7-5-4-6(10(14)15)8(12)9(7)13/h4-5,10,14-15H,1-3H3. The number of rotatable bonds is 1. The van der Waals surface area contributed by atoms with Crippen LogP contribution in [-0.4, -0.2) is 10.2 Å². The van der Waals surface area contributed by atoms with Crippen LogP contribution < -0.4 is 0 Å². The molecule has 0 saturated carbocycles. The summed E-state index contributed by atoms with van der Waals surface area (Å²) in [5, 5.41) is 18.7. The molecule has 2 N–H and O–H groups in total. The van der Waals surface area contributed by atoms with Crippen LogP contribution in [0.2, 0.25) is 10.0 Å². The molecule has 1 aromatic rings. The van der Waals surface area contributed by atoms with E-state index in [0.29, 0.717) is 5.02 Å². The Morgan fingerprint density at radius 1 is 1.07 bits per heavy atom. The molecule has 0 bridgehead atoms. The first-order valence-electron chi connectivity index (χ1n) is 4.59. The fourth-order valence-corrected chi connectivity index (χ4v) is 2.06. The summed E-state index contributed by atoms with van der Waals surface area (Å²) in [4.78, 5) is 0. The van der Waals surface area contributed by atoms with E-state index in [0.717, 1.165) is 5.56 Å². The van der Waals surface area contributed by atoms with Crippen LogP contribution in [0.1, 0.15) is 38.2 Å². The van der Waals surface area contributed by atoms with E-state index in [2.05, 4.69) is 0 Å². The van der Waals surface area contributed by atoms with E-state index in [1.807, 2.05) is 20.8 Å². The van der Waals surface area contributed by atoms with Gasteiger partial charge in [0.1, 0.15) is 0 Å². The lowest BCUT2D eigenvalue weighted by Crippen LogP contribution is -2.12. The number of benzene rings is 1. The van der Waals surface area contributed by atoms with Gasteiger partial charge in [-0.2, -0.15) is 0 Å². The summed E-state index contributed by atoms with van der Waals surface area (Å²) in [6.45, 7) is 6.04. The smallest absolute Gasteiger partial charge is 0.179 e. The molecule has 0 aromatic heterocycles. The van der Waals surface area contributed by atoms with Gasteiger partial charge >= 0.3 is 0 Å². The third-order valence-electron chi connectivity index (χ3n) is 2.20. The Morgan fingerprint density at radius 3 is 2.00 bits per heavy atom. The van der Waals surface area contributed by atoms with Crippen LogP contribution in [0.5, 0.6) is 0 Å². The summed E-state index contributed by atoms with van der Waals surface area (Å²) < 4.78 is 0. The van der Waals surface area contributed by atoms with Gasteiger partial charge in [-0.25, -0.2) is 0 Å². The van der Waals surface area contributed by atoms with Crippen LogP contribution in [0.15, 0.2) is 12.1 Å². The zero-order chi connectivity index (χ0) is 11.8. The highest BCUT2D eigenvalue weighted by molar-refractivity contribution is 6.43. The highest BCUT2D eigenvalue weighted by Crippen LogP contribution is 2.37. The van der Waals surface area contributed by atoms with Gasteiger partial charge in [-0.1, -0.05) is 56.1 Å². The molecule has 0 amide bonds. The van der Waals surface area contributed by atoms with E-state index < -0.39 is 6.29 Å². The molecule has 0 heterocycles.